The molecule has 0 radical (unpaired) electrons. The van der Waals surface area contributed by atoms with Gasteiger partial charge in [0.05, 0.1) is 11.6 Å². The number of aromatic nitrogens is 1. The molecule has 1 unspecified atom stereocenters. The quantitative estimate of drug-likeness (QED) is 0.873. The Hall–Kier alpha value is -2.14. The maximum Gasteiger partial charge on any atom is 0.341 e. The van der Waals surface area contributed by atoms with Gasteiger partial charge >= 0.3 is 5.97 Å². The van der Waals surface area contributed by atoms with E-state index in [0.717, 1.165) is 0 Å². The van der Waals surface area contributed by atoms with E-state index in [1.54, 1.807) is 35.8 Å². The molecule has 1 aromatic heterocycles. The molecule has 2 N–H and O–H groups in total. The van der Waals surface area contributed by atoms with Gasteiger partial charge < -0.3 is 14.8 Å². The number of hydrogen-bond acceptors (Lipinski definition) is 3. The average molecular weight is 261 g/mol. The highest BCUT2D eigenvalue weighted by atomic mass is 16.4. The van der Waals surface area contributed by atoms with E-state index in [4.69, 9.17) is 5.11 Å². The first-order chi connectivity index (χ1) is 9.00. The minimum Gasteiger partial charge on any atom is -0.477 e. The van der Waals surface area contributed by atoms with Crippen LogP contribution < -0.4 is 5.43 Å². The zero-order valence-corrected chi connectivity index (χ0v) is 10.5. The third-order valence-electron chi connectivity index (χ3n) is 3.01. The highest BCUT2D eigenvalue weighted by Gasteiger charge is 2.14. The van der Waals surface area contributed by atoms with E-state index >= 15 is 0 Å². The van der Waals surface area contributed by atoms with Crippen molar-refractivity contribution in [2.24, 2.45) is 0 Å². The second-order valence-corrected chi connectivity index (χ2v) is 4.53. The van der Waals surface area contributed by atoms with Crippen molar-refractivity contribution in [3.05, 3.63) is 46.2 Å². The Balaban J connectivity index is 2.64. The SMILES string of the molecule is CC(O)CCn1cc(C(=O)O)c(=O)c2ccccc21. The van der Waals surface area contributed by atoms with E-state index < -0.39 is 17.5 Å². The standard InChI is InChI=1S/C14H15NO4/c1-9(16)6-7-15-8-11(14(18)19)13(17)10-4-2-3-5-12(10)15/h2-5,8-9,16H,6-7H2,1H3,(H,18,19). The Morgan fingerprint density at radius 2 is 2.05 bits per heavy atom. The number of aliphatic hydroxyl groups is 1. The van der Waals surface area contributed by atoms with Crippen LogP contribution >= 0.6 is 0 Å². The number of rotatable bonds is 4. The van der Waals surface area contributed by atoms with Gasteiger partial charge in [-0.3, -0.25) is 4.79 Å². The van der Waals surface area contributed by atoms with Crippen molar-refractivity contribution in [1.29, 1.82) is 0 Å². The summed E-state index contributed by atoms with van der Waals surface area (Å²) in [4.78, 5) is 23.1. The lowest BCUT2D eigenvalue weighted by molar-refractivity contribution is 0.0695. The number of fused-ring (bicyclic) bond motifs is 1. The number of carbonyl (C=O) groups is 1. The van der Waals surface area contributed by atoms with Crippen molar-refractivity contribution < 1.29 is 15.0 Å². The molecule has 0 fully saturated rings. The summed E-state index contributed by atoms with van der Waals surface area (Å²) in [5, 5.41) is 18.8. The number of aliphatic hydroxyl groups excluding tert-OH is 1. The summed E-state index contributed by atoms with van der Waals surface area (Å²) >= 11 is 0. The second-order valence-electron chi connectivity index (χ2n) is 4.53. The highest BCUT2D eigenvalue weighted by Crippen LogP contribution is 2.13. The second kappa shape index (κ2) is 5.24. The third-order valence-corrected chi connectivity index (χ3v) is 3.01. The summed E-state index contributed by atoms with van der Waals surface area (Å²) in [5.41, 5.74) is -0.0427. The third kappa shape index (κ3) is 2.66. The fourth-order valence-corrected chi connectivity index (χ4v) is 2.01. The van der Waals surface area contributed by atoms with Crippen LogP contribution in [-0.2, 0) is 6.54 Å². The molecule has 2 aromatic rings. The van der Waals surface area contributed by atoms with Gasteiger partial charge in [-0.2, -0.15) is 0 Å². The first-order valence-electron chi connectivity index (χ1n) is 6.04. The van der Waals surface area contributed by atoms with Crippen molar-refractivity contribution in [2.45, 2.75) is 26.0 Å². The van der Waals surface area contributed by atoms with Crippen molar-refractivity contribution in [1.82, 2.24) is 4.57 Å². The van der Waals surface area contributed by atoms with Gasteiger partial charge in [0.15, 0.2) is 0 Å². The number of hydrogen-bond donors (Lipinski definition) is 2. The minimum atomic E-state index is -1.23. The summed E-state index contributed by atoms with van der Waals surface area (Å²) in [7, 11) is 0. The lowest BCUT2D eigenvalue weighted by atomic mass is 10.1. The van der Waals surface area contributed by atoms with Crippen LogP contribution in [0.5, 0.6) is 0 Å². The lowest BCUT2D eigenvalue weighted by Crippen LogP contribution is -2.19. The molecule has 0 aliphatic carbocycles. The molecule has 0 saturated carbocycles. The van der Waals surface area contributed by atoms with Crippen LogP contribution in [0.3, 0.4) is 0 Å². The normalized spacial score (nSPS) is 12.5. The molecule has 5 heteroatoms. The molecule has 0 spiro atoms. The lowest BCUT2D eigenvalue weighted by Gasteiger charge is -2.13. The fraction of sp³-hybridized carbons (Fsp3) is 0.286. The average Bonchev–Trinajstić information content (AvgIpc) is 2.37. The number of carboxylic acid groups (broad SMARTS) is 1. The number of aryl methyl sites for hydroxylation is 1. The predicted octanol–water partition coefficient (Wildman–Crippen LogP) is 1.47. The Morgan fingerprint density at radius 1 is 1.37 bits per heavy atom. The summed E-state index contributed by atoms with van der Waals surface area (Å²) in [6.45, 7) is 2.13. The molecule has 0 amide bonds. The van der Waals surface area contributed by atoms with Crippen molar-refractivity contribution in [3.63, 3.8) is 0 Å². The molecule has 0 saturated heterocycles. The van der Waals surface area contributed by atoms with E-state index in [-0.39, 0.29) is 5.56 Å². The van der Waals surface area contributed by atoms with Crippen LogP contribution in [0.4, 0.5) is 0 Å². The van der Waals surface area contributed by atoms with Gasteiger partial charge in [0.1, 0.15) is 5.56 Å². The van der Waals surface area contributed by atoms with Gasteiger partial charge in [0.25, 0.3) is 0 Å². The number of para-hydroxylation sites is 1. The van der Waals surface area contributed by atoms with Gasteiger partial charge in [-0.25, -0.2) is 4.79 Å². The summed E-state index contributed by atoms with van der Waals surface area (Å²) in [5.74, 6) is -1.23. The molecule has 2 rings (SSSR count). The predicted molar refractivity (Wildman–Crippen MR) is 71.5 cm³/mol. The molecule has 0 aliphatic heterocycles. The van der Waals surface area contributed by atoms with Crippen molar-refractivity contribution in [3.8, 4) is 0 Å². The summed E-state index contributed by atoms with van der Waals surface area (Å²) in [6.07, 6.45) is 1.35. The first kappa shape index (κ1) is 13.3. The Morgan fingerprint density at radius 3 is 2.68 bits per heavy atom. The molecule has 1 aromatic carbocycles. The number of pyridine rings is 1. The molecule has 1 atom stereocenters. The van der Waals surface area contributed by atoms with Crippen LogP contribution in [0, 0.1) is 0 Å². The minimum absolute atomic E-state index is 0.246. The number of benzene rings is 1. The van der Waals surface area contributed by atoms with E-state index in [0.29, 0.717) is 23.9 Å². The summed E-state index contributed by atoms with van der Waals surface area (Å²) in [6, 6.07) is 6.88. The molecule has 1 heterocycles. The van der Waals surface area contributed by atoms with Gasteiger partial charge in [-0.05, 0) is 25.5 Å². The maximum atomic E-state index is 12.0. The van der Waals surface area contributed by atoms with E-state index in [9.17, 15) is 14.7 Å². The smallest absolute Gasteiger partial charge is 0.341 e. The molecule has 0 aliphatic rings. The van der Waals surface area contributed by atoms with Crippen LogP contribution in [0.1, 0.15) is 23.7 Å². The van der Waals surface area contributed by atoms with Gasteiger partial charge in [-0.1, -0.05) is 12.1 Å². The molecular weight excluding hydrogens is 246 g/mol. The zero-order chi connectivity index (χ0) is 14.0. The molecular formula is C14H15NO4. The first-order valence-corrected chi connectivity index (χ1v) is 6.04. The van der Waals surface area contributed by atoms with E-state index in [2.05, 4.69) is 0 Å². The molecule has 5 nitrogen and oxygen atoms in total. The van der Waals surface area contributed by atoms with Crippen LogP contribution in [0.2, 0.25) is 0 Å². The molecule has 100 valence electrons. The van der Waals surface area contributed by atoms with Crippen LogP contribution in [0.25, 0.3) is 10.9 Å². The number of carboxylic acids is 1. The number of nitrogens with zero attached hydrogens (tertiary/aromatic N) is 1. The van der Waals surface area contributed by atoms with E-state index in [1.165, 1.54) is 6.20 Å². The number of aromatic carboxylic acids is 1. The van der Waals surface area contributed by atoms with Gasteiger partial charge in [-0.15, -0.1) is 0 Å². The molecule has 19 heavy (non-hydrogen) atoms. The maximum absolute atomic E-state index is 12.0. The van der Waals surface area contributed by atoms with Gasteiger partial charge in [0, 0.05) is 18.1 Å². The van der Waals surface area contributed by atoms with Crippen molar-refractivity contribution in [2.75, 3.05) is 0 Å². The highest BCUT2D eigenvalue weighted by molar-refractivity contribution is 5.92. The van der Waals surface area contributed by atoms with Crippen molar-refractivity contribution >= 4 is 16.9 Å². The van der Waals surface area contributed by atoms with Crippen LogP contribution in [0.15, 0.2) is 35.3 Å². The fourth-order valence-electron chi connectivity index (χ4n) is 2.01. The zero-order valence-electron chi connectivity index (χ0n) is 10.5. The Kier molecular flexibility index (Phi) is 3.66. The Bertz CT molecular complexity index is 673. The monoisotopic (exact) mass is 261 g/mol. The molecule has 0 bridgehead atoms. The topological polar surface area (TPSA) is 79.5 Å². The summed E-state index contributed by atoms with van der Waals surface area (Å²) < 4.78 is 1.70. The Labute approximate surface area is 109 Å². The van der Waals surface area contributed by atoms with Gasteiger partial charge in [0.2, 0.25) is 5.43 Å². The van der Waals surface area contributed by atoms with E-state index in [1.807, 2.05) is 0 Å². The largest absolute Gasteiger partial charge is 0.477 e. The van der Waals surface area contributed by atoms with Crippen LogP contribution in [-0.4, -0.2) is 26.9 Å².